The second kappa shape index (κ2) is 11.3. The molecule has 0 radical (unpaired) electrons. The highest BCUT2D eigenvalue weighted by Crippen LogP contribution is 2.61. The van der Waals surface area contributed by atoms with Gasteiger partial charge in [-0.05, 0) is 6.92 Å². The predicted molar refractivity (Wildman–Crippen MR) is 127 cm³/mol. The lowest BCUT2D eigenvalue weighted by atomic mass is 9.99. The third-order valence-corrected chi connectivity index (χ3v) is 8.74. The molecular weight excluding hydrogens is 586 g/mol. The second-order valence-electron chi connectivity index (χ2n) is 9.21. The number of aromatic nitrogens is 4. The molecule has 2 aromatic heterocycles. The van der Waals surface area contributed by atoms with Crippen LogP contribution in [-0.4, -0.2) is 111 Å². The van der Waals surface area contributed by atoms with Gasteiger partial charge in [-0.3, -0.25) is 18.4 Å². The summed E-state index contributed by atoms with van der Waals surface area (Å²) < 4.78 is 50.3. The van der Waals surface area contributed by atoms with E-state index in [2.05, 4.69) is 29.1 Å². The monoisotopic (exact) mass is 614 g/mol. The Morgan fingerprint density at radius 2 is 1.82 bits per heavy atom. The van der Waals surface area contributed by atoms with Gasteiger partial charge >= 0.3 is 15.6 Å². The van der Waals surface area contributed by atoms with Crippen LogP contribution in [0, 0.1) is 0 Å². The summed E-state index contributed by atoms with van der Waals surface area (Å²) in [7, 11) is -10.7. The summed E-state index contributed by atoms with van der Waals surface area (Å²) in [6, 6.07) is -1.24. The molecule has 224 valence electrons. The molecular formula is C18H28N6O14P2. The summed E-state index contributed by atoms with van der Waals surface area (Å²) in [5.41, 5.74) is 4.26. The van der Waals surface area contributed by atoms with Crippen LogP contribution in [0.1, 0.15) is 20.1 Å². The molecule has 2 saturated heterocycles. The van der Waals surface area contributed by atoms with Crippen molar-refractivity contribution in [2.24, 2.45) is 0 Å². The minimum absolute atomic E-state index is 0.0504. The molecule has 0 aromatic carbocycles. The molecule has 22 heteroatoms. The Bertz CT molecular complexity index is 1350. The third kappa shape index (κ3) is 6.34. The number of carbonyl (C=O) groups excluding carboxylic acids is 1. The van der Waals surface area contributed by atoms with Crippen molar-refractivity contribution >= 4 is 38.5 Å². The molecule has 0 aliphatic carbocycles. The predicted octanol–water partition coefficient (Wildman–Crippen LogP) is -2.75. The third-order valence-electron chi connectivity index (χ3n) is 6.16. The van der Waals surface area contributed by atoms with E-state index >= 15 is 0 Å². The Morgan fingerprint density at radius 3 is 2.50 bits per heavy atom. The van der Waals surface area contributed by atoms with Crippen molar-refractivity contribution in [2.45, 2.75) is 62.4 Å². The lowest BCUT2D eigenvalue weighted by molar-refractivity contribution is -0.132. The standard InChI is InChI=1S/C18H28N6O14P2/c1-7(25)23-9-8(36-17(29)11(9)26)3-34-39(30,31)38-40(32,33)35-4-18(2)13(28)12(27)16(37-18)24-6-22-10-14(19)20-5-21-15(10)24/h5-6,8-9,11-13,16-17,26-29H,3-4H2,1-2H3,(H,23,25)(H,30,31)(H,32,33)(H2,19,20,21)/t8-,9+,11?,12?,13?,16+,17?,18-/m1/s1. The van der Waals surface area contributed by atoms with E-state index in [1.54, 1.807) is 0 Å². The topological polar surface area (TPSA) is 300 Å². The summed E-state index contributed by atoms with van der Waals surface area (Å²) in [5, 5.41) is 43.0. The number of ether oxygens (including phenoxy) is 2. The number of anilines is 1. The summed E-state index contributed by atoms with van der Waals surface area (Å²) in [6.45, 7) is 0.555. The first-order chi connectivity index (χ1) is 18.5. The maximum atomic E-state index is 12.4. The zero-order valence-corrected chi connectivity index (χ0v) is 22.6. The molecule has 2 fully saturated rings. The van der Waals surface area contributed by atoms with Crippen LogP contribution < -0.4 is 11.1 Å². The lowest BCUT2D eigenvalue weighted by Gasteiger charge is -2.28. The van der Waals surface area contributed by atoms with Crippen molar-refractivity contribution in [2.75, 3.05) is 18.9 Å². The average Bonchev–Trinajstić information content (AvgIpc) is 3.47. The molecule has 4 heterocycles. The van der Waals surface area contributed by atoms with E-state index in [0.29, 0.717) is 0 Å². The molecule has 10 atom stereocenters. The van der Waals surface area contributed by atoms with Crippen LogP contribution >= 0.6 is 15.6 Å². The number of nitrogens with one attached hydrogen (secondary N) is 1. The van der Waals surface area contributed by atoms with Crippen LogP contribution in [0.25, 0.3) is 11.2 Å². The second-order valence-corrected chi connectivity index (χ2v) is 12.3. The van der Waals surface area contributed by atoms with Crippen molar-refractivity contribution in [3.8, 4) is 0 Å². The maximum Gasteiger partial charge on any atom is 0.481 e. The van der Waals surface area contributed by atoms with Crippen molar-refractivity contribution in [3.63, 3.8) is 0 Å². The lowest BCUT2D eigenvalue weighted by Crippen LogP contribution is -2.48. The molecule has 0 saturated carbocycles. The van der Waals surface area contributed by atoms with E-state index in [-0.39, 0.29) is 17.0 Å². The van der Waals surface area contributed by atoms with Gasteiger partial charge in [0.1, 0.15) is 41.9 Å². The number of aliphatic hydroxyl groups excluding tert-OH is 4. The summed E-state index contributed by atoms with van der Waals surface area (Å²) in [5.74, 6) is -0.561. The van der Waals surface area contributed by atoms with Gasteiger partial charge in [-0.1, -0.05) is 0 Å². The van der Waals surface area contributed by atoms with Gasteiger partial charge < -0.3 is 50.7 Å². The van der Waals surface area contributed by atoms with E-state index in [1.807, 2.05) is 0 Å². The molecule has 4 rings (SSSR count). The zero-order chi connectivity index (χ0) is 29.6. The smallest absolute Gasteiger partial charge is 0.387 e. The molecule has 2 aliphatic rings. The van der Waals surface area contributed by atoms with Gasteiger partial charge in [0.15, 0.2) is 24.0 Å². The number of fused-ring (bicyclic) bond motifs is 1. The number of carbonyl (C=O) groups is 1. The highest BCUT2D eigenvalue weighted by molar-refractivity contribution is 7.61. The van der Waals surface area contributed by atoms with Gasteiger partial charge in [0.2, 0.25) is 5.91 Å². The van der Waals surface area contributed by atoms with Crippen molar-refractivity contribution < 1.29 is 67.0 Å². The van der Waals surface area contributed by atoms with Crippen molar-refractivity contribution in [1.82, 2.24) is 24.8 Å². The van der Waals surface area contributed by atoms with E-state index < -0.39 is 83.3 Å². The number of nitrogens with zero attached hydrogens (tertiary/aromatic N) is 4. The van der Waals surface area contributed by atoms with Gasteiger partial charge in [0, 0.05) is 6.92 Å². The number of rotatable bonds is 10. The van der Waals surface area contributed by atoms with E-state index in [9.17, 15) is 44.1 Å². The fourth-order valence-electron chi connectivity index (χ4n) is 4.18. The van der Waals surface area contributed by atoms with Crippen molar-refractivity contribution in [1.29, 1.82) is 0 Å². The van der Waals surface area contributed by atoms with Crippen LogP contribution in [0.3, 0.4) is 0 Å². The van der Waals surface area contributed by atoms with E-state index in [4.69, 9.17) is 19.7 Å². The zero-order valence-electron chi connectivity index (χ0n) is 20.8. The number of aliphatic hydroxyl groups is 4. The number of amides is 1. The minimum atomic E-state index is -5.38. The maximum absolute atomic E-state index is 12.4. The van der Waals surface area contributed by atoms with Crippen LogP contribution in [0.15, 0.2) is 12.7 Å². The molecule has 9 N–H and O–H groups in total. The number of nitrogens with two attached hydrogens (primary N) is 1. The van der Waals surface area contributed by atoms with Crippen LogP contribution in [0.2, 0.25) is 0 Å². The highest BCUT2D eigenvalue weighted by Gasteiger charge is 2.54. The summed E-state index contributed by atoms with van der Waals surface area (Å²) >= 11 is 0. The van der Waals surface area contributed by atoms with Gasteiger partial charge in [-0.2, -0.15) is 4.31 Å². The van der Waals surface area contributed by atoms with Gasteiger partial charge in [-0.25, -0.2) is 24.1 Å². The van der Waals surface area contributed by atoms with Gasteiger partial charge in [0.05, 0.1) is 25.6 Å². The minimum Gasteiger partial charge on any atom is -0.387 e. The SMILES string of the molecule is CC(=O)N[C@@H]1C(O)C(O)O[C@@H]1COP(=O)(O)OP(=O)(O)OC[C@@]1(C)O[C@H](n2cnc3c(N)ncnc32)C(O)C1O. The van der Waals surface area contributed by atoms with E-state index in [1.165, 1.54) is 17.8 Å². The van der Waals surface area contributed by atoms with Crippen LogP contribution in [0.4, 0.5) is 5.82 Å². The Hall–Kier alpha value is -2.16. The Morgan fingerprint density at radius 1 is 1.15 bits per heavy atom. The number of imidazole rings is 1. The quantitative estimate of drug-likeness (QED) is 0.126. The summed E-state index contributed by atoms with van der Waals surface area (Å²) in [6.07, 6.45) is -6.92. The molecule has 1 amide bonds. The molecule has 20 nitrogen and oxygen atoms in total. The molecule has 40 heavy (non-hydrogen) atoms. The first-order valence-corrected chi connectivity index (χ1v) is 14.4. The number of phosphoric acid groups is 2. The number of hydrogen-bond acceptors (Lipinski definition) is 16. The van der Waals surface area contributed by atoms with E-state index in [0.717, 1.165) is 13.3 Å². The highest BCUT2D eigenvalue weighted by atomic mass is 31.3. The number of hydrogen-bond donors (Lipinski definition) is 8. The fourth-order valence-corrected chi connectivity index (χ4v) is 6.36. The summed E-state index contributed by atoms with van der Waals surface area (Å²) in [4.78, 5) is 43.1. The largest absolute Gasteiger partial charge is 0.481 e. The fraction of sp³-hybridized carbons (Fsp3) is 0.667. The Labute approximate surface area is 224 Å². The van der Waals surface area contributed by atoms with Gasteiger partial charge in [0.25, 0.3) is 0 Å². The number of phosphoric ester groups is 2. The average molecular weight is 614 g/mol. The van der Waals surface area contributed by atoms with Crippen LogP contribution in [0.5, 0.6) is 0 Å². The first kappa shape index (κ1) is 30.8. The number of nitrogen functional groups attached to an aromatic ring is 1. The molecule has 0 spiro atoms. The van der Waals surface area contributed by atoms with Crippen molar-refractivity contribution in [3.05, 3.63) is 12.7 Å². The Balaban J connectivity index is 1.38. The molecule has 2 aliphatic heterocycles. The molecule has 0 bridgehead atoms. The van der Waals surface area contributed by atoms with Crippen LogP contribution in [-0.2, 0) is 36.8 Å². The molecule has 6 unspecified atom stereocenters. The first-order valence-electron chi connectivity index (χ1n) is 11.5. The van der Waals surface area contributed by atoms with Gasteiger partial charge in [-0.15, -0.1) is 0 Å². The molecule has 2 aromatic rings. The Kier molecular flexibility index (Phi) is 8.66. The normalized spacial score (nSPS) is 35.5.